The van der Waals surface area contributed by atoms with E-state index in [1.165, 1.54) is 7.05 Å². The van der Waals surface area contributed by atoms with Crippen molar-refractivity contribution in [3.8, 4) is 0 Å². The van der Waals surface area contributed by atoms with Gasteiger partial charge < -0.3 is 4.57 Å². The van der Waals surface area contributed by atoms with Gasteiger partial charge in [-0.3, -0.25) is 0 Å². The highest BCUT2D eigenvalue weighted by Crippen LogP contribution is 2.27. The number of hydrogen-bond donors (Lipinski definition) is 0. The second kappa shape index (κ2) is 3.04. The molecule has 0 aliphatic heterocycles. The fraction of sp³-hybridized carbons (Fsp3) is 0.600. The van der Waals surface area contributed by atoms with Crippen LogP contribution in [0.4, 0.5) is 13.2 Å². The molecule has 0 aromatic carbocycles. The van der Waals surface area contributed by atoms with Crippen LogP contribution >= 0.6 is 15.9 Å². The molecule has 0 aliphatic carbocycles. The Morgan fingerprint density at radius 2 is 2.00 bits per heavy atom. The Bertz CT molecular complexity index is 280. The molecule has 68 valence electrons. The molecule has 1 aromatic rings. The lowest BCUT2D eigenvalue weighted by atomic mass is 10.6. The highest BCUT2D eigenvalue weighted by molar-refractivity contribution is 9.08. The first-order valence-electron chi connectivity index (χ1n) is 2.98. The zero-order valence-electron chi connectivity index (χ0n) is 6.06. The molecule has 12 heavy (non-hydrogen) atoms. The smallest absolute Gasteiger partial charge is 0.310 e. The lowest BCUT2D eigenvalue weighted by Gasteiger charge is -2.04. The summed E-state index contributed by atoms with van der Waals surface area (Å²) >= 11 is 3.00. The molecule has 1 aromatic heterocycles. The fourth-order valence-corrected chi connectivity index (χ4v) is 1.21. The van der Waals surface area contributed by atoms with Gasteiger partial charge in [0.15, 0.2) is 0 Å². The molecule has 1 rings (SSSR count). The van der Waals surface area contributed by atoms with E-state index in [0.717, 1.165) is 4.57 Å². The minimum Gasteiger partial charge on any atom is -0.310 e. The molecule has 0 saturated heterocycles. The van der Waals surface area contributed by atoms with E-state index in [4.69, 9.17) is 0 Å². The zero-order chi connectivity index (χ0) is 9.35. The Kier molecular flexibility index (Phi) is 2.41. The lowest BCUT2D eigenvalue weighted by molar-refractivity contribution is -0.147. The van der Waals surface area contributed by atoms with Crippen LogP contribution in [-0.4, -0.2) is 14.8 Å². The third-order valence-corrected chi connectivity index (χ3v) is 1.84. The number of aromatic nitrogens is 3. The molecular weight excluding hydrogens is 239 g/mol. The third kappa shape index (κ3) is 1.60. The zero-order valence-corrected chi connectivity index (χ0v) is 7.65. The molecule has 7 heteroatoms. The average molecular weight is 244 g/mol. The molecule has 0 unspecified atom stereocenters. The van der Waals surface area contributed by atoms with Gasteiger partial charge in [0.2, 0.25) is 5.82 Å². The molecule has 0 aliphatic rings. The molecule has 0 N–H and O–H groups in total. The van der Waals surface area contributed by atoms with Gasteiger partial charge in [-0.25, -0.2) is 0 Å². The molecule has 0 radical (unpaired) electrons. The Morgan fingerprint density at radius 3 is 2.25 bits per heavy atom. The minimum atomic E-state index is -4.43. The van der Waals surface area contributed by atoms with Gasteiger partial charge in [-0.2, -0.15) is 13.2 Å². The lowest BCUT2D eigenvalue weighted by Crippen LogP contribution is -2.13. The van der Waals surface area contributed by atoms with Crippen LogP contribution in [0.1, 0.15) is 11.6 Å². The molecule has 3 nitrogen and oxygen atoms in total. The van der Waals surface area contributed by atoms with Crippen LogP contribution in [0.2, 0.25) is 0 Å². The SMILES string of the molecule is Cn1c(CBr)nnc1C(F)(F)F. The highest BCUT2D eigenvalue weighted by Gasteiger charge is 2.37. The summed E-state index contributed by atoms with van der Waals surface area (Å²) in [5.74, 6) is -0.723. The van der Waals surface area contributed by atoms with Crippen molar-refractivity contribution >= 4 is 15.9 Å². The largest absolute Gasteiger partial charge is 0.451 e. The monoisotopic (exact) mass is 243 g/mol. The summed E-state index contributed by atoms with van der Waals surface area (Å²) in [7, 11) is 1.28. The maximum atomic E-state index is 12.1. The van der Waals surface area contributed by atoms with Crippen molar-refractivity contribution in [1.82, 2.24) is 14.8 Å². The van der Waals surface area contributed by atoms with Crippen molar-refractivity contribution in [1.29, 1.82) is 0 Å². The Balaban J connectivity index is 3.11. The summed E-state index contributed by atoms with van der Waals surface area (Å²) in [6.07, 6.45) is -4.43. The van der Waals surface area contributed by atoms with E-state index in [2.05, 4.69) is 26.1 Å². The molecule has 0 spiro atoms. The fourth-order valence-electron chi connectivity index (χ4n) is 0.725. The topological polar surface area (TPSA) is 30.7 Å². The van der Waals surface area contributed by atoms with Crippen LogP contribution < -0.4 is 0 Å². The van der Waals surface area contributed by atoms with Gasteiger partial charge in [0, 0.05) is 7.05 Å². The van der Waals surface area contributed by atoms with Crippen molar-refractivity contribution in [3.63, 3.8) is 0 Å². The van der Waals surface area contributed by atoms with Gasteiger partial charge >= 0.3 is 6.18 Å². The quantitative estimate of drug-likeness (QED) is 0.704. The third-order valence-electron chi connectivity index (χ3n) is 1.34. The van der Waals surface area contributed by atoms with Gasteiger partial charge in [-0.1, -0.05) is 15.9 Å². The van der Waals surface area contributed by atoms with Crippen LogP contribution in [0, 0.1) is 0 Å². The predicted molar refractivity (Wildman–Crippen MR) is 38.6 cm³/mol. The Labute approximate surface area is 74.7 Å². The number of hydrogen-bond acceptors (Lipinski definition) is 2. The molecule has 0 atom stereocenters. The van der Waals surface area contributed by atoms with Crippen molar-refractivity contribution in [2.75, 3.05) is 0 Å². The molecular formula is C5H5BrF3N3. The number of halogens is 4. The molecule has 0 saturated carbocycles. The summed E-state index contributed by atoms with van der Waals surface area (Å²) in [5.41, 5.74) is 0. The summed E-state index contributed by atoms with van der Waals surface area (Å²) in [6.45, 7) is 0. The second-order valence-corrected chi connectivity index (χ2v) is 2.69. The highest BCUT2D eigenvalue weighted by atomic mass is 79.9. The summed E-state index contributed by atoms with van der Waals surface area (Å²) in [6, 6.07) is 0. The van der Waals surface area contributed by atoms with Crippen molar-refractivity contribution in [2.24, 2.45) is 7.05 Å². The van der Waals surface area contributed by atoms with Crippen LogP contribution in [0.25, 0.3) is 0 Å². The van der Waals surface area contributed by atoms with Crippen LogP contribution in [-0.2, 0) is 18.6 Å². The first kappa shape index (κ1) is 9.50. The summed E-state index contributed by atoms with van der Waals surface area (Å²) < 4.78 is 37.1. The van der Waals surface area contributed by atoms with Gasteiger partial charge in [-0.05, 0) is 0 Å². The Morgan fingerprint density at radius 1 is 1.42 bits per heavy atom. The summed E-state index contributed by atoms with van der Waals surface area (Å²) in [5, 5.41) is 6.62. The van der Waals surface area contributed by atoms with E-state index in [1.807, 2.05) is 0 Å². The van der Waals surface area contributed by atoms with E-state index in [9.17, 15) is 13.2 Å². The van der Waals surface area contributed by atoms with Crippen LogP contribution in [0.15, 0.2) is 0 Å². The van der Waals surface area contributed by atoms with E-state index < -0.39 is 12.0 Å². The minimum absolute atomic E-state index is 0.252. The van der Waals surface area contributed by atoms with Crippen molar-refractivity contribution in [3.05, 3.63) is 11.6 Å². The average Bonchev–Trinajstić information content (AvgIpc) is 2.29. The Hall–Kier alpha value is -0.590. The molecule has 0 bridgehead atoms. The van der Waals surface area contributed by atoms with Crippen molar-refractivity contribution in [2.45, 2.75) is 11.5 Å². The number of alkyl halides is 4. The van der Waals surface area contributed by atoms with Gasteiger partial charge in [-0.15, -0.1) is 10.2 Å². The van der Waals surface area contributed by atoms with Crippen LogP contribution in [0.5, 0.6) is 0 Å². The van der Waals surface area contributed by atoms with Gasteiger partial charge in [0.05, 0.1) is 5.33 Å². The van der Waals surface area contributed by atoms with Gasteiger partial charge in [0.1, 0.15) is 5.82 Å². The predicted octanol–water partition coefficient (Wildman–Crippen LogP) is 1.73. The maximum absolute atomic E-state index is 12.1. The van der Waals surface area contributed by atoms with E-state index in [-0.39, 0.29) is 11.2 Å². The van der Waals surface area contributed by atoms with E-state index in [0.29, 0.717) is 0 Å². The first-order valence-corrected chi connectivity index (χ1v) is 4.10. The molecule has 0 fully saturated rings. The number of rotatable bonds is 1. The summed E-state index contributed by atoms with van der Waals surface area (Å²) in [4.78, 5) is 0. The maximum Gasteiger partial charge on any atom is 0.451 e. The van der Waals surface area contributed by atoms with Crippen molar-refractivity contribution < 1.29 is 13.2 Å². The second-order valence-electron chi connectivity index (χ2n) is 2.13. The van der Waals surface area contributed by atoms with Crippen LogP contribution in [0.3, 0.4) is 0 Å². The van der Waals surface area contributed by atoms with Gasteiger partial charge in [0.25, 0.3) is 0 Å². The first-order chi connectivity index (χ1) is 5.46. The number of nitrogens with zero attached hydrogens (tertiary/aromatic N) is 3. The van der Waals surface area contributed by atoms with E-state index >= 15 is 0 Å². The normalized spacial score (nSPS) is 12.1. The molecule has 1 heterocycles. The van der Waals surface area contributed by atoms with E-state index in [1.54, 1.807) is 0 Å². The standard InChI is InChI=1S/C5H5BrF3N3/c1-12-3(2-6)10-11-4(12)5(7,8)9/h2H2,1H3. The molecule has 0 amide bonds.